The molecule has 2 rings (SSSR count). The number of halogens is 3. The van der Waals surface area contributed by atoms with Crippen LogP contribution in [-0.2, 0) is 0 Å². The molecule has 1 fully saturated rings. The molecule has 0 aliphatic carbocycles. The SMILES string of the molecule is Cl.Cl.FCC1=C2CNCC2NCC1. The molecular formula is C8H15Cl2FN2. The molecule has 0 aromatic carbocycles. The zero-order valence-corrected chi connectivity index (χ0v) is 8.94. The molecule has 0 amide bonds. The van der Waals surface area contributed by atoms with Gasteiger partial charge in [-0.05, 0) is 24.1 Å². The summed E-state index contributed by atoms with van der Waals surface area (Å²) in [7, 11) is 0. The van der Waals surface area contributed by atoms with E-state index in [0.717, 1.165) is 31.6 Å². The molecule has 0 bridgehead atoms. The van der Waals surface area contributed by atoms with Gasteiger partial charge in [0.15, 0.2) is 0 Å². The Balaban J connectivity index is 0.000000720. The molecule has 0 radical (unpaired) electrons. The lowest BCUT2D eigenvalue weighted by Gasteiger charge is -2.22. The van der Waals surface area contributed by atoms with Crippen LogP contribution in [0.5, 0.6) is 0 Å². The number of hydrogen-bond donors (Lipinski definition) is 2. The van der Waals surface area contributed by atoms with E-state index in [2.05, 4.69) is 10.6 Å². The summed E-state index contributed by atoms with van der Waals surface area (Å²) in [6, 6.07) is 0.425. The van der Waals surface area contributed by atoms with Crippen LogP contribution in [0, 0.1) is 0 Å². The smallest absolute Gasteiger partial charge is 0.111 e. The minimum atomic E-state index is -0.255. The Kier molecular flexibility index (Phi) is 5.88. The largest absolute Gasteiger partial charge is 0.311 e. The first-order valence-corrected chi connectivity index (χ1v) is 4.12. The zero-order chi connectivity index (χ0) is 7.68. The molecule has 1 atom stereocenters. The molecule has 0 aromatic heterocycles. The molecule has 78 valence electrons. The van der Waals surface area contributed by atoms with Gasteiger partial charge in [-0.15, -0.1) is 24.8 Å². The molecule has 0 aromatic rings. The normalized spacial score (nSPS) is 26.1. The minimum Gasteiger partial charge on any atom is -0.311 e. The van der Waals surface area contributed by atoms with Crippen molar-refractivity contribution in [1.29, 1.82) is 0 Å². The van der Waals surface area contributed by atoms with Crippen molar-refractivity contribution in [3.05, 3.63) is 11.1 Å². The van der Waals surface area contributed by atoms with Gasteiger partial charge in [-0.25, -0.2) is 4.39 Å². The maximum Gasteiger partial charge on any atom is 0.111 e. The lowest BCUT2D eigenvalue weighted by molar-refractivity contribution is 0.490. The van der Waals surface area contributed by atoms with E-state index in [9.17, 15) is 4.39 Å². The Morgan fingerprint density at radius 1 is 1.38 bits per heavy atom. The second-order valence-electron chi connectivity index (χ2n) is 3.15. The first kappa shape index (κ1) is 13.2. The fourth-order valence-electron chi connectivity index (χ4n) is 1.87. The van der Waals surface area contributed by atoms with Crippen molar-refractivity contribution in [2.75, 3.05) is 26.3 Å². The van der Waals surface area contributed by atoms with Gasteiger partial charge in [0.25, 0.3) is 0 Å². The highest BCUT2D eigenvalue weighted by Gasteiger charge is 2.25. The molecule has 2 aliphatic heterocycles. The molecule has 0 saturated carbocycles. The van der Waals surface area contributed by atoms with E-state index in [4.69, 9.17) is 0 Å². The molecule has 1 unspecified atom stereocenters. The van der Waals surface area contributed by atoms with E-state index in [0.29, 0.717) is 6.04 Å². The van der Waals surface area contributed by atoms with Gasteiger partial charge < -0.3 is 10.6 Å². The van der Waals surface area contributed by atoms with Crippen LogP contribution in [0.3, 0.4) is 0 Å². The summed E-state index contributed by atoms with van der Waals surface area (Å²) >= 11 is 0. The van der Waals surface area contributed by atoms with Crippen molar-refractivity contribution in [3.8, 4) is 0 Å². The van der Waals surface area contributed by atoms with Crippen molar-refractivity contribution in [2.24, 2.45) is 0 Å². The molecular weight excluding hydrogens is 214 g/mol. The molecule has 2 heterocycles. The number of fused-ring (bicyclic) bond motifs is 1. The van der Waals surface area contributed by atoms with E-state index >= 15 is 0 Å². The second-order valence-corrected chi connectivity index (χ2v) is 3.15. The van der Waals surface area contributed by atoms with Crippen LogP contribution >= 0.6 is 24.8 Å². The molecule has 1 saturated heterocycles. The predicted molar refractivity (Wildman–Crippen MR) is 56.8 cm³/mol. The Labute approximate surface area is 90.2 Å². The van der Waals surface area contributed by atoms with Crippen LogP contribution in [0.25, 0.3) is 0 Å². The Morgan fingerprint density at radius 3 is 2.85 bits per heavy atom. The highest BCUT2D eigenvalue weighted by molar-refractivity contribution is 5.85. The zero-order valence-electron chi connectivity index (χ0n) is 7.31. The van der Waals surface area contributed by atoms with Crippen molar-refractivity contribution in [2.45, 2.75) is 12.5 Å². The average Bonchev–Trinajstić information content (AvgIpc) is 2.50. The minimum absolute atomic E-state index is 0. The highest BCUT2D eigenvalue weighted by Crippen LogP contribution is 2.20. The van der Waals surface area contributed by atoms with Gasteiger partial charge in [0.05, 0.1) is 0 Å². The summed E-state index contributed by atoms with van der Waals surface area (Å²) in [5, 5.41) is 6.60. The highest BCUT2D eigenvalue weighted by atomic mass is 35.5. The lowest BCUT2D eigenvalue weighted by atomic mass is 9.98. The third kappa shape index (κ3) is 2.56. The Hall–Kier alpha value is 0.170. The maximum atomic E-state index is 12.4. The molecule has 2 nitrogen and oxygen atoms in total. The van der Waals surface area contributed by atoms with E-state index in [1.165, 1.54) is 5.57 Å². The fraction of sp³-hybridized carbons (Fsp3) is 0.750. The van der Waals surface area contributed by atoms with Crippen LogP contribution in [0.1, 0.15) is 6.42 Å². The topological polar surface area (TPSA) is 24.1 Å². The van der Waals surface area contributed by atoms with Gasteiger partial charge in [0, 0.05) is 19.1 Å². The van der Waals surface area contributed by atoms with Crippen LogP contribution in [-0.4, -0.2) is 32.4 Å². The number of rotatable bonds is 1. The van der Waals surface area contributed by atoms with E-state index in [1.54, 1.807) is 0 Å². The first-order valence-electron chi connectivity index (χ1n) is 4.12. The summed E-state index contributed by atoms with van der Waals surface area (Å²) in [4.78, 5) is 0. The third-order valence-corrected chi connectivity index (χ3v) is 2.52. The summed E-state index contributed by atoms with van der Waals surface area (Å²) in [6.45, 7) is 2.54. The van der Waals surface area contributed by atoms with Gasteiger partial charge in [-0.3, -0.25) is 0 Å². The third-order valence-electron chi connectivity index (χ3n) is 2.52. The van der Waals surface area contributed by atoms with Crippen LogP contribution in [0.2, 0.25) is 0 Å². The number of alkyl halides is 1. The first-order chi connectivity index (χ1) is 5.42. The molecule has 0 spiro atoms. The second kappa shape index (κ2) is 5.81. The van der Waals surface area contributed by atoms with Gasteiger partial charge in [-0.1, -0.05) is 0 Å². The van der Waals surface area contributed by atoms with Gasteiger partial charge in [0.2, 0.25) is 0 Å². The van der Waals surface area contributed by atoms with E-state index in [-0.39, 0.29) is 31.5 Å². The maximum absolute atomic E-state index is 12.4. The number of nitrogens with one attached hydrogen (secondary N) is 2. The van der Waals surface area contributed by atoms with Gasteiger partial charge in [0.1, 0.15) is 6.67 Å². The van der Waals surface area contributed by atoms with Crippen LogP contribution in [0.4, 0.5) is 4.39 Å². The van der Waals surface area contributed by atoms with Crippen molar-refractivity contribution in [1.82, 2.24) is 10.6 Å². The lowest BCUT2D eigenvalue weighted by Crippen LogP contribution is -2.37. The van der Waals surface area contributed by atoms with Crippen LogP contribution < -0.4 is 10.6 Å². The summed E-state index contributed by atoms with van der Waals surface area (Å²) in [5.74, 6) is 0. The molecule has 13 heavy (non-hydrogen) atoms. The van der Waals surface area contributed by atoms with Crippen molar-refractivity contribution >= 4 is 24.8 Å². The van der Waals surface area contributed by atoms with E-state index in [1.807, 2.05) is 0 Å². The van der Waals surface area contributed by atoms with Crippen LogP contribution in [0.15, 0.2) is 11.1 Å². The fourth-order valence-corrected chi connectivity index (χ4v) is 1.87. The Bertz CT molecular complexity index is 197. The van der Waals surface area contributed by atoms with Crippen molar-refractivity contribution < 1.29 is 4.39 Å². The quantitative estimate of drug-likeness (QED) is 0.657. The molecule has 5 heteroatoms. The Morgan fingerprint density at radius 2 is 2.15 bits per heavy atom. The van der Waals surface area contributed by atoms with Crippen molar-refractivity contribution in [3.63, 3.8) is 0 Å². The van der Waals surface area contributed by atoms with E-state index < -0.39 is 0 Å². The number of hydrogen-bond acceptors (Lipinski definition) is 2. The summed E-state index contributed by atoms with van der Waals surface area (Å²) in [5.41, 5.74) is 2.30. The molecule has 2 N–H and O–H groups in total. The van der Waals surface area contributed by atoms with Gasteiger partial charge >= 0.3 is 0 Å². The van der Waals surface area contributed by atoms with Gasteiger partial charge in [-0.2, -0.15) is 0 Å². The predicted octanol–water partition coefficient (Wildman–Crippen LogP) is 1.06. The monoisotopic (exact) mass is 228 g/mol. The summed E-state index contributed by atoms with van der Waals surface area (Å²) < 4.78 is 12.4. The average molecular weight is 229 g/mol. The summed E-state index contributed by atoms with van der Waals surface area (Å²) in [6.07, 6.45) is 0.893. The standard InChI is InChI=1S/C8H13FN2.2ClH/c9-3-6-1-2-11-8-5-10-4-7(6)8;;/h8,10-11H,1-5H2;2*1H. The molecule has 2 aliphatic rings.